The van der Waals surface area contributed by atoms with Gasteiger partial charge in [-0.1, -0.05) is 0 Å². The number of hydrogen-bond acceptors (Lipinski definition) is 3. The van der Waals surface area contributed by atoms with Gasteiger partial charge in [0.15, 0.2) is 0 Å². The maximum absolute atomic E-state index is 7.02. The zero-order chi connectivity index (χ0) is 8.27. The van der Waals surface area contributed by atoms with E-state index in [-0.39, 0.29) is 0 Å². The number of rotatable bonds is 1. The molecule has 2 N–H and O–H groups in total. The molecular formula is C7H12BrN3. The summed E-state index contributed by atoms with van der Waals surface area (Å²) in [6.07, 6.45) is 1.32. The maximum atomic E-state index is 7.02. The molecule has 1 aliphatic heterocycles. The monoisotopic (exact) mass is 217 g/mol. The molecule has 0 unspecified atom stereocenters. The van der Waals surface area contributed by atoms with Crippen molar-refractivity contribution in [1.29, 1.82) is 5.41 Å². The number of nitrogens with one attached hydrogen (secondary N) is 2. The van der Waals surface area contributed by atoms with Crippen molar-refractivity contribution in [3.63, 3.8) is 0 Å². The number of hydrogen-bond donors (Lipinski definition) is 2. The summed E-state index contributed by atoms with van der Waals surface area (Å²) in [4.78, 5) is 2.22. The van der Waals surface area contributed by atoms with Gasteiger partial charge in [0.1, 0.15) is 0 Å². The van der Waals surface area contributed by atoms with Gasteiger partial charge in [-0.15, -0.1) is 0 Å². The van der Waals surface area contributed by atoms with Crippen molar-refractivity contribution in [3.05, 3.63) is 10.2 Å². The van der Waals surface area contributed by atoms with Gasteiger partial charge in [-0.3, -0.25) is 4.90 Å². The number of piperazine rings is 1. The minimum absolute atomic E-state index is 0.851. The van der Waals surface area contributed by atoms with E-state index >= 15 is 0 Å². The molecule has 0 radical (unpaired) electrons. The first kappa shape index (κ1) is 8.74. The van der Waals surface area contributed by atoms with Crippen LogP contribution in [0.1, 0.15) is 0 Å². The number of likely N-dealkylation sites (N-methyl/N-ethyl adjacent to an activating group) is 1. The standard InChI is InChI=1S/C7H12BrN3/c1-11-3-2-10-7(5-11)6(8)4-9/h4,9-10H,2-3,5H2,1H3/b7-6+,9-4?. The van der Waals surface area contributed by atoms with Crippen molar-refractivity contribution in [3.8, 4) is 0 Å². The minimum Gasteiger partial charge on any atom is -0.385 e. The summed E-state index contributed by atoms with van der Waals surface area (Å²) in [7, 11) is 2.07. The second kappa shape index (κ2) is 3.88. The third-order valence-electron chi connectivity index (χ3n) is 1.67. The lowest BCUT2D eigenvalue weighted by Crippen LogP contribution is -2.40. The Morgan fingerprint density at radius 3 is 3.09 bits per heavy atom. The normalized spacial score (nSPS) is 24.2. The minimum atomic E-state index is 0.851. The van der Waals surface area contributed by atoms with Crippen LogP contribution in [0.4, 0.5) is 0 Å². The summed E-state index contributed by atoms with van der Waals surface area (Å²) in [5.74, 6) is 0. The molecule has 0 aliphatic carbocycles. The summed E-state index contributed by atoms with van der Waals surface area (Å²) in [6.45, 7) is 2.94. The molecule has 0 aromatic carbocycles. The number of halogens is 1. The second-order valence-electron chi connectivity index (χ2n) is 2.64. The van der Waals surface area contributed by atoms with E-state index in [0.29, 0.717) is 0 Å². The number of allylic oxidation sites excluding steroid dienone is 1. The molecule has 1 heterocycles. The average molecular weight is 218 g/mol. The third-order valence-corrected chi connectivity index (χ3v) is 2.38. The third kappa shape index (κ3) is 2.31. The molecule has 0 atom stereocenters. The predicted octanol–water partition coefficient (Wildman–Crippen LogP) is 0.777. The molecule has 0 aromatic heterocycles. The van der Waals surface area contributed by atoms with Gasteiger partial charge in [0.2, 0.25) is 0 Å². The lowest BCUT2D eigenvalue weighted by atomic mass is 10.3. The molecule has 1 fully saturated rings. The van der Waals surface area contributed by atoms with Gasteiger partial charge in [0, 0.05) is 31.5 Å². The van der Waals surface area contributed by atoms with E-state index in [1.54, 1.807) is 0 Å². The Morgan fingerprint density at radius 2 is 2.55 bits per heavy atom. The van der Waals surface area contributed by atoms with Crippen LogP contribution in [0.3, 0.4) is 0 Å². The highest BCUT2D eigenvalue weighted by atomic mass is 79.9. The van der Waals surface area contributed by atoms with Crippen LogP contribution in [0.25, 0.3) is 0 Å². The van der Waals surface area contributed by atoms with Crippen LogP contribution in [-0.2, 0) is 0 Å². The first-order valence-corrected chi connectivity index (χ1v) is 4.35. The van der Waals surface area contributed by atoms with Gasteiger partial charge < -0.3 is 10.7 Å². The molecular weight excluding hydrogens is 206 g/mol. The smallest absolute Gasteiger partial charge is 0.0553 e. The Morgan fingerprint density at radius 1 is 1.82 bits per heavy atom. The molecule has 0 saturated carbocycles. The van der Waals surface area contributed by atoms with Crippen LogP contribution >= 0.6 is 15.9 Å². The van der Waals surface area contributed by atoms with Crippen molar-refractivity contribution in [2.45, 2.75) is 0 Å². The average Bonchev–Trinajstić information content (AvgIpc) is 2.03. The van der Waals surface area contributed by atoms with Gasteiger partial charge in [0.05, 0.1) is 4.48 Å². The zero-order valence-corrected chi connectivity index (χ0v) is 8.11. The summed E-state index contributed by atoms with van der Waals surface area (Å²) < 4.78 is 0.851. The van der Waals surface area contributed by atoms with Crippen LogP contribution < -0.4 is 5.32 Å². The Labute approximate surface area is 75.1 Å². The van der Waals surface area contributed by atoms with Crippen molar-refractivity contribution in [2.75, 3.05) is 26.7 Å². The Hall–Kier alpha value is -0.350. The molecule has 1 aliphatic rings. The van der Waals surface area contributed by atoms with E-state index in [4.69, 9.17) is 5.41 Å². The molecule has 0 amide bonds. The SMILES string of the molecule is CN1CCN/C(=C(/Br)C=N)C1. The van der Waals surface area contributed by atoms with Crippen LogP contribution in [0.2, 0.25) is 0 Å². The van der Waals surface area contributed by atoms with E-state index in [2.05, 4.69) is 33.2 Å². The van der Waals surface area contributed by atoms with Crippen molar-refractivity contribution >= 4 is 22.1 Å². The highest BCUT2D eigenvalue weighted by molar-refractivity contribution is 9.12. The molecule has 0 aromatic rings. The Bertz CT molecular complexity index is 188. The summed E-state index contributed by atoms with van der Waals surface area (Å²) >= 11 is 3.31. The predicted molar refractivity (Wildman–Crippen MR) is 50.2 cm³/mol. The van der Waals surface area contributed by atoms with E-state index in [1.165, 1.54) is 6.21 Å². The molecule has 4 heteroatoms. The highest BCUT2D eigenvalue weighted by Crippen LogP contribution is 2.10. The van der Waals surface area contributed by atoms with Crippen LogP contribution in [0.5, 0.6) is 0 Å². The highest BCUT2D eigenvalue weighted by Gasteiger charge is 2.10. The van der Waals surface area contributed by atoms with Gasteiger partial charge in [-0.05, 0) is 23.0 Å². The summed E-state index contributed by atoms with van der Waals surface area (Å²) in [5, 5.41) is 10.3. The first-order valence-electron chi connectivity index (χ1n) is 3.55. The fraction of sp³-hybridized carbons (Fsp3) is 0.571. The lowest BCUT2D eigenvalue weighted by molar-refractivity contribution is 0.323. The van der Waals surface area contributed by atoms with Crippen LogP contribution in [0.15, 0.2) is 10.2 Å². The molecule has 62 valence electrons. The van der Waals surface area contributed by atoms with Gasteiger partial charge in [0.25, 0.3) is 0 Å². The van der Waals surface area contributed by atoms with E-state index in [0.717, 1.165) is 29.8 Å². The second-order valence-corrected chi connectivity index (χ2v) is 3.49. The molecule has 1 saturated heterocycles. The molecule has 0 spiro atoms. The van der Waals surface area contributed by atoms with E-state index < -0.39 is 0 Å². The molecule has 1 rings (SSSR count). The lowest BCUT2D eigenvalue weighted by Gasteiger charge is -2.26. The Kier molecular flexibility index (Phi) is 3.08. The fourth-order valence-corrected chi connectivity index (χ4v) is 1.32. The molecule has 11 heavy (non-hydrogen) atoms. The van der Waals surface area contributed by atoms with E-state index in [9.17, 15) is 0 Å². The van der Waals surface area contributed by atoms with E-state index in [1.807, 2.05) is 0 Å². The van der Waals surface area contributed by atoms with Crippen LogP contribution in [-0.4, -0.2) is 37.8 Å². The zero-order valence-electron chi connectivity index (χ0n) is 6.52. The van der Waals surface area contributed by atoms with Crippen molar-refractivity contribution in [2.24, 2.45) is 0 Å². The largest absolute Gasteiger partial charge is 0.385 e. The van der Waals surface area contributed by atoms with Crippen LogP contribution in [0, 0.1) is 5.41 Å². The van der Waals surface area contributed by atoms with Crippen molar-refractivity contribution < 1.29 is 0 Å². The first-order chi connectivity index (χ1) is 5.24. The maximum Gasteiger partial charge on any atom is 0.0553 e. The summed E-state index contributed by atoms with van der Waals surface area (Å²) in [6, 6.07) is 0. The van der Waals surface area contributed by atoms with Gasteiger partial charge >= 0.3 is 0 Å². The van der Waals surface area contributed by atoms with Gasteiger partial charge in [-0.2, -0.15) is 0 Å². The fourth-order valence-electron chi connectivity index (χ4n) is 1.05. The number of nitrogens with zero attached hydrogens (tertiary/aromatic N) is 1. The summed E-state index contributed by atoms with van der Waals surface area (Å²) in [5.41, 5.74) is 1.11. The topological polar surface area (TPSA) is 39.1 Å². The van der Waals surface area contributed by atoms with Crippen molar-refractivity contribution in [1.82, 2.24) is 10.2 Å². The van der Waals surface area contributed by atoms with Gasteiger partial charge in [-0.25, -0.2) is 0 Å². The molecule has 3 nitrogen and oxygen atoms in total. The Balaban J connectivity index is 2.65. The molecule has 0 bridgehead atoms. The quantitative estimate of drug-likeness (QED) is 0.638.